The number of amides is 4. The fourth-order valence-corrected chi connectivity index (χ4v) is 6.79. The molecule has 11 nitrogen and oxygen atoms in total. The number of ether oxygens (including phenoxy) is 1. The lowest BCUT2D eigenvalue weighted by molar-refractivity contribution is -0.156. The molecule has 3 atom stereocenters. The number of nitrogens with zero attached hydrogens (tertiary/aromatic N) is 3. The monoisotopic (exact) mass is 614 g/mol. The van der Waals surface area contributed by atoms with E-state index in [0.717, 1.165) is 38.5 Å². The molecule has 2 saturated heterocycles. The zero-order chi connectivity index (χ0) is 31.9. The molecule has 0 aromatic heterocycles. The Morgan fingerprint density at radius 3 is 2.27 bits per heavy atom. The van der Waals surface area contributed by atoms with Crippen molar-refractivity contribution in [1.29, 1.82) is 0 Å². The number of hydrogen-bond donors (Lipinski definition) is 3. The lowest BCUT2D eigenvalue weighted by Crippen LogP contribution is -2.58. The maximum absolute atomic E-state index is 13.7. The van der Waals surface area contributed by atoms with Crippen molar-refractivity contribution in [3.05, 3.63) is 29.8 Å². The van der Waals surface area contributed by atoms with Crippen LogP contribution >= 0.6 is 0 Å². The van der Waals surface area contributed by atoms with Crippen LogP contribution in [-0.2, 0) is 14.4 Å². The highest BCUT2D eigenvalue weighted by Crippen LogP contribution is 2.31. The first-order valence-corrected chi connectivity index (χ1v) is 16.2. The van der Waals surface area contributed by atoms with Crippen molar-refractivity contribution in [2.24, 2.45) is 17.3 Å². The second-order valence-electron chi connectivity index (χ2n) is 13.8. The van der Waals surface area contributed by atoms with Crippen molar-refractivity contribution in [1.82, 2.24) is 20.2 Å². The summed E-state index contributed by atoms with van der Waals surface area (Å²) in [4.78, 5) is 54.7. The van der Waals surface area contributed by atoms with E-state index in [1.807, 2.05) is 20.8 Å². The number of likely N-dealkylation sites (tertiary alicyclic amines) is 2. The molecule has 2 heterocycles. The standard InChI is InChI=1S/C33H50N4O7/c1-33(2,3)29(34-30(40)25(20-36(43)22-39)19-23-7-4-5-8-23)32(42)35-17-14-28(15-18-35)44-27-12-10-24(11-13-27)31(41)37-16-6-9-26(37)21-38/h10-13,22-23,25-26,28-29,38,43H,4-9,14-21H2,1-3H3,(H,34,40)/t25-,26+,29-/m1/s1. The van der Waals surface area contributed by atoms with Crippen LogP contribution in [0.1, 0.15) is 88.9 Å². The van der Waals surface area contributed by atoms with E-state index in [9.17, 15) is 29.5 Å². The molecular formula is C33H50N4O7. The van der Waals surface area contributed by atoms with E-state index < -0.39 is 17.4 Å². The van der Waals surface area contributed by atoms with Crippen LogP contribution in [0.2, 0.25) is 0 Å². The van der Waals surface area contributed by atoms with Gasteiger partial charge in [-0.1, -0.05) is 46.5 Å². The smallest absolute Gasteiger partial charge is 0.254 e. The van der Waals surface area contributed by atoms with Crippen LogP contribution in [-0.4, -0.2) is 100 Å². The van der Waals surface area contributed by atoms with Crippen LogP contribution in [0.5, 0.6) is 5.75 Å². The number of hydrogen-bond acceptors (Lipinski definition) is 7. The number of rotatable bonds is 12. The van der Waals surface area contributed by atoms with E-state index in [1.165, 1.54) is 0 Å². The number of hydroxylamine groups is 2. The van der Waals surface area contributed by atoms with Gasteiger partial charge in [0.25, 0.3) is 5.91 Å². The Balaban J connectivity index is 1.31. The van der Waals surface area contributed by atoms with E-state index in [4.69, 9.17) is 4.74 Å². The number of carbonyl (C=O) groups excluding carboxylic acids is 4. The van der Waals surface area contributed by atoms with Crippen molar-refractivity contribution in [3.63, 3.8) is 0 Å². The second kappa shape index (κ2) is 15.2. The van der Waals surface area contributed by atoms with Crippen LogP contribution in [0.15, 0.2) is 24.3 Å². The fourth-order valence-electron chi connectivity index (χ4n) is 6.79. The third kappa shape index (κ3) is 8.72. The highest BCUT2D eigenvalue weighted by atomic mass is 16.5. The number of benzene rings is 1. The Morgan fingerprint density at radius 1 is 1.02 bits per heavy atom. The van der Waals surface area contributed by atoms with Gasteiger partial charge in [-0.25, -0.2) is 5.06 Å². The van der Waals surface area contributed by atoms with Crippen LogP contribution < -0.4 is 10.1 Å². The SMILES string of the molecule is CC(C)(C)[C@H](NC(=O)[C@H](CC1CCCC1)CN(O)C=O)C(=O)N1CCC(Oc2ccc(C(=O)N3CCC[C@H]3CO)cc2)CC1. The van der Waals surface area contributed by atoms with Gasteiger partial charge in [-0.05, 0) is 54.9 Å². The molecule has 3 N–H and O–H groups in total. The maximum atomic E-state index is 13.7. The molecule has 1 saturated carbocycles. The molecule has 1 aliphatic carbocycles. The summed E-state index contributed by atoms with van der Waals surface area (Å²) >= 11 is 0. The minimum atomic E-state index is -0.756. The van der Waals surface area contributed by atoms with E-state index in [0.29, 0.717) is 67.6 Å². The summed E-state index contributed by atoms with van der Waals surface area (Å²) in [6.45, 7) is 7.26. The van der Waals surface area contributed by atoms with Gasteiger partial charge in [0, 0.05) is 38.0 Å². The first-order valence-electron chi connectivity index (χ1n) is 16.2. The molecule has 4 amide bonds. The Hall–Kier alpha value is -3.18. The van der Waals surface area contributed by atoms with Gasteiger partial charge in [-0.3, -0.25) is 24.4 Å². The largest absolute Gasteiger partial charge is 0.490 e. The third-order valence-electron chi connectivity index (χ3n) is 9.40. The predicted molar refractivity (Wildman–Crippen MR) is 164 cm³/mol. The lowest BCUT2D eigenvalue weighted by atomic mass is 9.84. The summed E-state index contributed by atoms with van der Waals surface area (Å²) in [5.74, 6) is -0.114. The van der Waals surface area contributed by atoms with Gasteiger partial charge in [-0.2, -0.15) is 0 Å². The van der Waals surface area contributed by atoms with Crippen LogP contribution in [0.4, 0.5) is 0 Å². The number of aliphatic hydroxyl groups excluding tert-OH is 1. The second-order valence-corrected chi connectivity index (χ2v) is 13.8. The quantitative estimate of drug-likeness (QED) is 0.187. The zero-order valence-electron chi connectivity index (χ0n) is 26.5. The molecule has 0 bridgehead atoms. The molecule has 3 aliphatic rings. The van der Waals surface area contributed by atoms with E-state index in [1.54, 1.807) is 34.1 Å². The van der Waals surface area contributed by atoms with Crippen molar-refractivity contribution < 1.29 is 34.2 Å². The summed E-state index contributed by atoms with van der Waals surface area (Å²) in [7, 11) is 0. The first-order chi connectivity index (χ1) is 21.0. The molecule has 3 fully saturated rings. The van der Waals surface area contributed by atoms with Crippen LogP contribution in [0, 0.1) is 17.3 Å². The van der Waals surface area contributed by atoms with Crippen LogP contribution in [0.3, 0.4) is 0 Å². The van der Waals surface area contributed by atoms with Gasteiger partial charge in [0.15, 0.2) is 0 Å². The molecule has 2 aliphatic heterocycles. The van der Waals surface area contributed by atoms with Crippen LogP contribution in [0.25, 0.3) is 0 Å². The third-order valence-corrected chi connectivity index (χ3v) is 9.40. The van der Waals surface area contributed by atoms with Crippen molar-refractivity contribution >= 4 is 24.1 Å². The first kappa shape index (κ1) is 33.7. The average molecular weight is 615 g/mol. The summed E-state index contributed by atoms with van der Waals surface area (Å²) in [5.41, 5.74) is 0.0178. The molecule has 1 aromatic carbocycles. The minimum absolute atomic E-state index is 0.0260. The summed E-state index contributed by atoms with van der Waals surface area (Å²) in [6.07, 6.45) is 8.06. The highest BCUT2D eigenvalue weighted by Gasteiger charge is 2.39. The topological polar surface area (TPSA) is 140 Å². The predicted octanol–water partition coefficient (Wildman–Crippen LogP) is 3.23. The lowest BCUT2D eigenvalue weighted by Gasteiger charge is -2.39. The van der Waals surface area contributed by atoms with Crippen molar-refractivity contribution in [2.75, 3.05) is 32.8 Å². The van der Waals surface area contributed by atoms with Gasteiger partial charge in [0.1, 0.15) is 17.9 Å². The zero-order valence-corrected chi connectivity index (χ0v) is 26.5. The number of nitrogens with one attached hydrogen (secondary N) is 1. The number of carbonyl (C=O) groups is 4. The Bertz CT molecular complexity index is 1120. The molecule has 0 spiro atoms. The summed E-state index contributed by atoms with van der Waals surface area (Å²) in [6, 6.07) is 6.22. The Kier molecular flexibility index (Phi) is 11.6. The normalized spacial score (nSPS) is 21.2. The molecular weight excluding hydrogens is 564 g/mol. The van der Waals surface area contributed by atoms with Gasteiger partial charge in [-0.15, -0.1) is 0 Å². The molecule has 11 heteroatoms. The Labute approximate surface area is 260 Å². The molecule has 244 valence electrons. The maximum Gasteiger partial charge on any atom is 0.254 e. The van der Waals surface area contributed by atoms with Crippen molar-refractivity contribution in [3.8, 4) is 5.75 Å². The van der Waals surface area contributed by atoms with Gasteiger partial charge < -0.3 is 25.0 Å². The van der Waals surface area contributed by atoms with E-state index in [2.05, 4.69) is 5.32 Å². The Morgan fingerprint density at radius 2 is 1.68 bits per heavy atom. The highest BCUT2D eigenvalue weighted by molar-refractivity contribution is 5.94. The van der Waals surface area contributed by atoms with Gasteiger partial charge >= 0.3 is 0 Å². The summed E-state index contributed by atoms with van der Waals surface area (Å²) < 4.78 is 6.19. The minimum Gasteiger partial charge on any atom is -0.490 e. The molecule has 0 radical (unpaired) electrons. The number of piperidine rings is 1. The molecule has 1 aromatic rings. The van der Waals surface area contributed by atoms with E-state index in [-0.39, 0.29) is 43.0 Å². The fraction of sp³-hybridized carbons (Fsp3) is 0.697. The number of aliphatic hydroxyl groups is 1. The molecule has 4 rings (SSSR count). The van der Waals surface area contributed by atoms with Gasteiger partial charge in [0.2, 0.25) is 18.2 Å². The molecule has 0 unspecified atom stereocenters. The average Bonchev–Trinajstić information content (AvgIpc) is 3.71. The van der Waals surface area contributed by atoms with Crippen molar-refractivity contribution in [2.45, 2.75) is 96.7 Å². The molecule has 44 heavy (non-hydrogen) atoms. The van der Waals surface area contributed by atoms with E-state index >= 15 is 0 Å². The van der Waals surface area contributed by atoms with Gasteiger partial charge in [0.05, 0.1) is 25.1 Å². The summed E-state index contributed by atoms with van der Waals surface area (Å²) in [5, 5.41) is 22.9.